The molecule has 1 aliphatic carbocycles. The summed E-state index contributed by atoms with van der Waals surface area (Å²) in [7, 11) is 0. The molecule has 0 bridgehead atoms. The van der Waals surface area contributed by atoms with Crippen LogP contribution in [0.15, 0.2) is 48.7 Å². The highest BCUT2D eigenvalue weighted by atomic mass is 19.1. The maximum Gasteiger partial charge on any atom is 0.322 e. The lowest BCUT2D eigenvalue weighted by atomic mass is 9.54. The number of carbonyl (C=O) groups excluding carboxylic acids is 2. The number of carbonyl (C=O) groups is 2. The second kappa shape index (κ2) is 9.66. The van der Waals surface area contributed by atoms with E-state index in [-0.39, 0.29) is 48.5 Å². The van der Waals surface area contributed by atoms with Crippen LogP contribution in [0, 0.1) is 34.9 Å². The van der Waals surface area contributed by atoms with Gasteiger partial charge in [0.15, 0.2) is 5.41 Å². The van der Waals surface area contributed by atoms with Crippen molar-refractivity contribution in [2.75, 3.05) is 13.2 Å². The molecule has 0 radical (unpaired) electrons. The quantitative estimate of drug-likeness (QED) is 0.499. The van der Waals surface area contributed by atoms with Crippen LogP contribution in [0.2, 0.25) is 0 Å². The van der Waals surface area contributed by atoms with Gasteiger partial charge in [-0.15, -0.1) is 0 Å². The van der Waals surface area contributed by atoms with Crippen LogP contribution in [-0.4, -0.2) is 41.2 Å². The van der Waals surface area contributed by atoms with E-state index in [1.807, 2.05) is 37.3 Å². The van der Waals surface area contributed by atoms with Crippen LogP contribution >= 0.6 is 0 Å². The van der Waals surface area contributed by atoms with Crippen LogP contribution in [0.1, 0.15) is 32.9 Å². The summed E-state index contributed by atoms with van der Waals surface area (Å²) in [5.41, 5.74) is 1.05. The van der Waals surface area contributed by atoms with E-state index in [0.717, 1.165) is 16.8 Å². The van der Waals surface area contributed by atoms with E-state index in [9.17, 15) is 14.0 Å². The summed E-state index contributed by atoms with van der Waals surface area (Å²) >= 11 is 0. The second-order valence-electron chi connectivity index (χ2n) is 9.55. The normalized spacial score (nSPS) is 30.7. The number of pyridine rings is 1. The van der Waals surface area contributed by atoms with Gasteiger partial charge in [-0.1, -0.05) is 38.1 Å². The third-order valence-corrected chi connectivity index (χ3v) is 7.53. The number of cyclic esters (lactones) is 1. The summed E-state index contributed by atoms with van der Waals surface area (Å²) in [4.78, 5) is 30.7. The van der Waals surface area contributed by atoms with Gasteiger partial charge in [0.25, 0.3) is 0 Å². The first-order chi connectivity index (χ1) is 16.3. The Morgan fingerprint density at radius 3 is 2.74 bits per heavy atom. The van der Waals surface area contributed by atoms with Crippen LogP contribution in [0.5, 0.6) is 0 Å². The number of nitrogens with zero attached hydrogens (tertiary/aromatic N) is 1. The Morgan fingerprint density at radius 2 is 2.06 bits per heavy atom. The van der Waals surface area contributed by atoms with Gasteiger partial charge in [0.05, 0.1) is 12.3 Å². The molecule has 180 valence electrons. The highest BCUT2D eigenvalue weighted by Gasteiger charge is 2.66. The highest BCUT2D eigenvalue weighted by molar-refractivity contribution is 6.04. The molecule has 34 heavy (non-hydrogen) atoms. The van der Waals surface area contributed by atoms with Crippen molar-refractivity contribution < 1.29 is 23.8 Å². The number of nitrogens with one attached hydrogen (secondary N) is 1. The van der Waals surface area contributed by atoms with Gasteiger partial charge in [-0.3, -0.25) is 14.6 Å². The predicted molar refractivity (Wildman–Crippen MR) is 127 cm³/mol. The molecular weight excluding hydrogens is 435 g/mol. The molecule has 2 aliphatic rings. The number of fused-ring (bicyclic) bond motifs is 1. The fraction of sp³-hybridized carbons (Fsp3) is 0.444. The molecule has 7 heteroatoms. The van der Waals surface area contributed by atoms with E-state index in [2.05, 4.69) is 24.1 Å². The van der Waals surface area contributed by atoms with Crippen molar-refractivity contribution in [2.24, 2.45) is 29.1 Å². The summed E-state index contributed by atoms with van der Waals surface area (Å²) in [5.74, 6) is -1.18. The van der Waals surface area contributed by atoms with Gasteiger partial charge in [-0.25, -0.2) is 4.39 Å². The number of amides is 1. The Hall–Kier alpha value is -3.06. The lowest BCUT2D eigenvalue weighted by Gasteiger charge is -2.46. The van der Waals surface area contributed by atoms with E-state index in [1.54, 1.807) is 12.3 Å². The second-order valence-corrected chi connectivity index (χ2v) is 9.55. The van der Waals surface area contributed by atoms with Crippen molar-refractivity contribution in [2.45, 2.75) is 33.3 Å². The molecule has 1 aliphatic heterocycles. The third-order valence-electron chi connectivity index (χ3n) is 7.53. The number of aliphatic hydroxyl groups excluding tert-OH is 1. The minimum Gasteiger partial charge on any atom is -0.461 e. The number of hydrogen-bond donors (Lipinski definition) is 2. The molecular formula is C27H31FN2O4. The summed E-state index contributed by atoms with van der Waals surface area (Å²) < 4.78 is 19.2. The first kappa shape index (κ1) is 24.1. The van der Waals surface area contributed by atoms with Crippen molar-refractivity contribution in [3.8, 4) is 11.1 Å². The number of halogens is 1. The first-order valence-electron chi connectivity index (χ1n) is 11.8. The molecule has 1 amide bonds. The zero-order valence-electron chi connectivity index (χ0n) is 19.7. The molecule has 0 spiro atoms. The van der Waals surface area contributed by atoms with Gasteiger partial charge < -0.3 is 15.2 Å². The Bertz CT molecular complexity index is 1090. The number of rotatable bonds is 6. The Balaban J connectivity index is 1.62. The smallest absolute Gasteiger partial charge is 0.322 e. The van der Waals surface area contributed by atoms with Gasteiger partial charge in [0.2, 0.25) is 5.91 Å². The molecule has 2 heterocycles. The Kier molecular flexibility index (Phi) is 6.84. The molecule has 0 unspecified atom stereocenters. The van der Waals surface area contributed by atoms with Crippen LogP contribution in [0.25, 0.3) is 17.2 Å². The van der Waals surface area contributed by atoms with Crippen LogP contribution < -0.4 is 5.32 Å². The SMILES string of the molecule is C[C@H]1[C@@H](/C=C/c2ccc(-c3cccc(F)c3)cn2)[C@@H]2[C@@H](C)OC(=O)[C@]2(C(=O)NCCO)C[C@@H]1C. The van der Waals surface area contributed by atoms with E-state index in [4.69, 9.17) is 9.84 Å². The lowest BCUT2D eigenvalue weighted by Crippen LogP contribution is -2.56. The molecule has 2 fully saturated rings. The molecule has 6 nitrogen and oxygen atoms in total. The third kappa shape index (κ3) is 4.25. The van der Waals surface area contributed by atoms with Crippen molar-refractivity contribution in [1.82, 2.24) is 10.3 Å². The molecule has 1 saturated carbocycles. The Morgan fingerprint density at radius 1 is 1.26 bits per heavy atom. The number of hydrogen-bond acceptors (Lipinski definition) is 5. The van der Waals surface area contributed by atoms with Crippen LogP contribution in [0.3, 0.4) is 0 Å². The van der Waals surface area contributed by atoms with Crippen molar-refractivity contribution in [3.63, 3.8) is 0 Å². The summed E-state index contributed by atoms with van der Waals surface area (Å²) in [6.07, 6.45) is 5.69. The largest absolute Gasteiger partial charge is 0.461 e. The number of aromatic nitrogens is 1. The topological polar surface area (TPSA) is 88.5 Å². The lowest BCUT2D eigenvalue weighted by molar-refractivity contribution is -0.157. The fourth-order valence-corrected chi connectivity index (χ4v) is 5.66. The number of aliphatic hydroxyl groups is 1. The molecule has 6 atom stereocenters. The minimum atomic E-state index is -1.26. The standard InChI is InChI=1S/C27H31FN2O4/c1-16-14-27(25(32)29-11-12-31)24(18(3)34-26(27)33)23(17(16)2)10-9-22-8-7-20(15-30-22)19-5-4-6-21(28)13-19/h4-10,13,15-18,23-24,31H,11-12,14H2,1-3H3,(H,29,32)/b10-9+/t16-,17+,18+,23+,24-,27+/m0/s1. The predicted octanol–water partition coefficient (Wildman–Crippen LogP) is 3.85. The zero-order chi connectivity index (χ0) is 24.5. The van der Waals surface area contributed by atoms with Crippen LogP contribution in [0.4, 0.5) is 4.39 Å². The molecule has 1 saturated heterocycles. The number of benzene rings is 1. The highest BCUT2D eigenvalue weighted by Crippen LogP contribution is 2.56. The first-order valence-corrected chi connectivity index (χ1v) is 11.8. The monoisotopic (exact) mass is 466 g/mol. The molecule has 1 aromatic heterocycles. The summed E-state index contributed by atoms with van der Waals surface area (Å²) in [6, 6.07) is 10.1. The van der Waals surface area contributed by atoms with E-state index in [0.29, 0.717) is 6.42 Å². The number of esters is 1. The molecule has 2 aromatic rings. The van der Waals surface area contributed by atoms with Crippen molar-refractivity contribution in [3.05, 3.63) is 60.2 Å². The van der Waals surface area contributed by atoms with Gasteiger partial charge in [0.1, 0.15) is 11.9 Å². The van der Waals surface area contributed by atoms with Gasteiger partial charge in [-0.2, -0.15) is 0 Å². The summed E-state index contributed by atoms with van der Waals surface area (Å²) in [5, 5.41) is 11.9. The average molecular weight is 467 g/mol. The van der Waals surface area contributed by atoms with Crippen LogP contribution in [-0.2, 0) is 14.3 Å². The number of ether oxygens (including phenoxy) is 1. The zero-order valence-corrected chi connectivity index (χ0v) is 19.7. The van der Waals surface area contributed by atoms with Gasteiger partial charge >= 0.3 is 5.97 Å². The van der Waals surface area contributed by atoms with E-state index < -0.39 is 17.5 Å². The minimum absolute atomic E-state index is 0.0743. The summed E-state index contributed by atoms with van der Waals surface area (Å²) in [6.45, 7) is 5.96. The van der Waals surface area contributed by atoms with Crippen molar-refractivity contribution >= 4 is 18.0 Å². The average Bonchev–Trinajstić information content (AvgIpc) is 3.08. The fourth-order valence-electron chi connectivity index (χ4n) is 5.66. The maximum absolute atomic E-state index is 13.5. The van der Waals surface area contributed by atoms with Gasteiger partial charge in [0, 0.05) is 24.2 Å². The molecule has 4 rings (SSSR count). The maximum atomic E-state index is 13.5. The molecule has 1 aromatic carbocycles. The van der Waals surface area contributed by atoms with Crippen molar-refractivity contribution in [1.29, 1.82) is 0 Å². The van der Waals surface area contributed by atoms with E-state index >= 15 is 0 Å². The van der Waals surface area contributed by atoms with E-state index in [1.165, 1.54) is 12.1 Å². The number of allylic oxidation sites excluding steroid dienone is 1. The Labute approximate surface area is 199 Å². The van der Waals surface area contributed by atoms with Gasteiger partial charge in [-0.05, 0) is 60.9 Å². The molecule has 2 N–H and O–H groups in total.